The van der Waals surface area contributed by atoms with Crippen LogP contribution in [0.2, 0.25) is 0 Å². The molecular formula is C14H13N3O2S. The Kier molecular flexibility index (Phi) is 3.47. The van der Waals surface area contributed by atoms with Crippen molar-refractivity contribution in [3.8, 4) is 0 Å². The first-order valence-electron chi connectivity index (χ1n) is 6.32. The number of carbonyl (C=O) groups is 2. The standard InChI is InChI=1S/C14H13N3O2S/c18-12(16-14-15-7-9-20-14)11-6-8-17(11)13(19)10-4-2-1-3-5-10/h1-5,7,9,11H,6,8H2,(H,15,16,18)/t11-/m1/s1. The Morgan fingerprint density at radius 1 is 1.30 bits per heavy atom. The second-order valence-corrected chi connectivity index (χ2v) is 5.39. The van der Waals surface area contributed by atoms with Gasteiger partial charge in [-0.15, -0.1) is 11.3 Å². The summed E-state index contributed by atoms with van der Waals surface area (Å²) in [5.41, 5.74) is 0.610. The summed E-state index contributed by atoms with van der Waals surface area (Å²) in [4.78, 5) is 30.0. The van der Waals surface area contributed by atoms with E-state index in [-0.39, 0.29) is 11.8 Å². The number of amides is 2. The molecule has 1 N–H and O–H groups in total. The van der Waals surface area contributed by atoms with Crippen molar-refractivity contribution < 1.29 is 9.59 Å². The van der Waals surface area contributed by atoms with E-state index in [1.54, 1.807) is 28.6 Å². The molecule has 1 saturated heterocycles. The third-order valence-electron chi connectivity index (χ3n) is 3.27. The highest BCUT2D eigenvalue weighted by Crippen LogP contribution is 2.22. The van der Waals surface area contributed by atoms with Crippen molar-refractivity contribution in [2.24, 2.45) is 0 Å². The van der Waals surface area contributed by atoms with Crippen LogP contribution in [0.25, 0.3) is 0 Å². The minimum absolute atomic E-state index is 0.101. The van der Waals surface area contributed by atoms with Gasteiger partial charge in [0.25, 0.3) is 5.91 Å². The lowest BCUT2D eigenvalue weighted by Crippen LogP contribution is -2.56. The number of nitrogens with one attached hydrogen (secondary N) is 1. The Balaban J connectivity index is 1.67. The largest absolute Gasteiger partial charge is 0.326 e. The quantitative estimate of drug-likeness (QED) is 0.939. The van der Waals surface area contributed by atoms with Crippen molar-refractivity contribution >= 4 is 28.3 Å². The Bertz CT molecular complexity index is 613. The van der Waals surface area contributed by atoms with Gasteiger partial charge >= 0.3 is 0 Å². The fourth-order valence-electron chi connectivity index (χ4n) is 2.12. The van der Waals surface area contributed by atoms with Crippen LogP contribution < -0.4 is 5.32 Å². The summed E-state index contributed by atoms with van der Waals surface area (Å²) in [6.45, 7) is 0.615. The zero-order valence-corrected chi connectivity index (χ0v) is 11.5. The minimum Gasteiger partial charge on any atom is -0.326 e. The molecule has 3 rings (SSSR count). The van der Waals surface area contributed by atoms with Gasteiger partial charge in [-0.05, 0) is 18.6 Å². The molecule has 0 aliphatic carbocycles. The predicted molar refractivity (Wildman–Crippen MR) is 76.6 cm³/mol. The molecule has 1 fully saturated rings. The van der Waals surface area contributed by atoms with Gasteiger partial charge in [0.2, 0.25) is 5.91 Å². The first-order chi connectivity index (χ1) is 9.75. The van der Waals surface area contributed by atoms with Crippen molar-refractivity contribution in [1.82, 2.24) is 9.88 Å². The number of likely N-dealkylation sites (tertiary alicyclic amines) is 1. The average molecular weight is 287 g/mol. The Morgan fingerprint density at radius 2 is 2.10 bits per heavy atom. The van der Waals surface area contributed by atoms with Crippen LogP contribution in [0, 0.1) is 0 Å². The van der Waals surface area contributed by atoms with Crippen LogP contribution in [0.1, 0.15) is 16.8 Å². The first kappa shape index (κ1) is 12.8. The summed E-state index contributed by atoms with van der Waals surface area (Å²) < 4.78 is 0. The van der Waals surface area contributed by atoms with E-state index < -0.39 is 6.04 Å². The molecule has 2 amide bonds. The number of hydrogen-bond acceptors (Lipinski definition) is 4. The number of aromatic nitrogens is 1. The maximum absolute atomic E-state index is 12.3. The van der Waals surface area contributed by atoms with Crippen LogP contribution in [-0.4, -0.2) is 34.3 Å². The van der Waals surface area contributed by atoms with E-state index in [9.17, 15) is 9.59 Å². The van der Waals surface area contributed by atoms with Gasteiger partial charge in [-0.25, -0.2) is 4.98 Å². The van der Waals surface area contributed by atoms with E-state index in [1.165, 1.54) is 11.3 Å². The van der Waals surface area contributed by atoms with E-state index in [4.69, 9.17) is 0 Å². The topological polar surface area (TPSA) is 62.3 Å². The molecule has 1 aromatic heterocycles. The van der Waals surface area contributed by atoms with Crippen molar-refractivity contribution in [2.45, 2.75) is 12.5 Å². The third-order valence-corrected chi connectivity index (χ3v) is 3.95. The van der Waals surface area contributed by atoms with Crippen LogP contribution in [-0.2, 0) is 4.79 Å². The normalized spacial score (nSPS) is 17.4. The molecule has 2 aromatic rings. The van der Waals surface area contributed by atoms with Gasteiger partial charge in [0.1, 0.15) is 6.04 Å². The molecule has 1 aromatic carbocycles. The highest BCUT2D eigenvalue weighted by molar-refractivity contribution is 7.13. The third kappa shape index (κ3) is 2.42. The lowest BCUT2D eigenvalue weighted by Gasteiger charge is -2.39. The number of carbonyl (C=O) groups excluding carboxylic acids is 2. The molecule has 102 valence electrons. The maximum atomic E-state index is 12.3. The summed E-state index contributed by atoms with van der Waals surface area (Å²) in [7, 11) is 0. The molecule has 1 aliphatic rings. The molecule has 20 heavy (non-hydrogen) atoms. The molecule has 0 saturated carbocycles. The molecule has 5 nitrogen and oxygen atoms in total. The lowest BCUT2D eigenvalue weighted by atomic mass is 10.0. The molecule has 0 bridgehead atoms. The van der Waals surface area contributed by atoms with Crippen LogP contribution in [0.3, 0.4) is 0 Å². The summed E-state index contributed by atoms with van der Waals surface area (Å²) >= 11 is 1.36. The van der Waals surface area contributed by atoms with Gasteiger partial charge in [-0.2, -0.15) is 0 Å². The number of thiazole rings is 1. The van der Waals surface area contributed by atoms with Crippen LogP contribution in [0.5, 0.6) is 0 Å². The van der Waals surface area contributed by atoms with Gasteiger partial charge in [0.15, 0.2) is 5.13 Å². The molecule has 1 atom stereocenters. The van der Waals surface area contributed by atoms with Crippen molar-refractivity contribution in [2.75, 3.05) is 11.9 Å². The number of nitrogens with zero attached hydrogens (tertiary/aromatic N) is 2. The van der Waals surface area contributed by atoms with Crippen LogP contribution in [0.15, 0.2) is 41.9 Å². The summed E-state index contributed by atoms with van der Waals surface area (Å²) in [5, 5.41) is 5.09. The van der Waals surface area contributed by atoms with Gasteiger partial charge in [0.05, 0.1) is 0 Å². The smallest absolute Gasteiger partial charge is 0.254 e. The zero-order valence-electron chi connectivity index (χ0n) is 10.7. The fraction of sp³-hybridized carbons (Fsp3) is 0.214. The SMILES string of the molecule is O=C(Nc1nccs1)[C@H]1CCN1C(=O)c1ccccc1. The second kappa shape index (κ2) is 5.42. The Labute approximate surface area is 120 Å². The molecule has 1 aliphatic heterocycles. The number of benzene rings is 1. The average Bonchev–Trinajstić information content (AvgIpc) is 2.91. The zero-order chi connectivity index (χ0) is 13.9. The van der Waals surface area contributed by atoms with E-state index >= 15 is 0 Å². The highest BCUT2D eigenvalue weighted by atomic mass is 32.1. The molecule has 0 spiro atoms. The fourth-order valence-corrected chi connectivity index (χ4v) is 2.66. The number of anilines is 1. The molecule has 0 radical (unpaired) electrons. The van der Waals surface area contributed by atoms with Crippen molar-refractivity contribution in [1.29, 1.82) is 0 Å². The van der Waals surface area contributed by atoms with E-state index in [1.807, 2.05) is 18.2 Å². The lowest BCUT2D eigenvalue weighted by molar-refractivity contribution is -0.123. The highest BCUT2D eigenvalue weighted by Gasteiger charge is 2.38. The molecule has 0 unspecified atom stereocenters. The minimum atomic E-state index is -0.397. The van der Waals surface area contributed by atoms with Gasteiger partial charge in [-0.1, -0.05) is 18.2 Å². The number of hydrogen-bond donors (Lipinski definition) is 1. The van der Waals surface area contributed by atoms with Gasteiger partial charge in [-0.3, -0.25) is 9.59 Å². The van der Waals surface area contributed by atoms with Gasteiger partial charge in [0, 0.05) is 23.7 Å². The van der Waals surface area contributed by atoms with Gasteiger partial charge < -0.3 is 10.2 Å². The van der Waals surface area contributed by atoms with Crippen LogP contribution >= 0.6 is 11.3 Å². The predicted octanol–water partition coefficient (Wildman–Crippen LogP) is 2.00. The summed E-state index contributed by atoms with van der Waals surface area (Å²) in [6, 6.07) is 8.62. The van der Waals surface area contributed by atoms with E-state index in [0.29, 0.717) is 23.7 Å². The Hall–Kier alpha value is -2.21. The molecule has 6 heteroatoms. The maximum Gasteiger partial charge on any atom is 0.254 e. The second-order valence-electron chi connectivity index (χ2n) is 4.50. The van der Waals surface area contributed by atoms with E-state index in [2.05, 4.69) is 10.3 Å². The van der Waals surface area contributed by atoms with Crippen LogP contribution in [0.4, 0.5) is 5.13 Å². The summed E-state index contributed by atoms with van der Waals surface area (Å²) in [5.74, 6) is -0.272. The van der Waals surface area contributed by atoms with Crippen molar-refractivity contribution in [3.05, 3.63) is 47.5 Å². The van der Waals surface area contributed by atoms with Crippen molar-refractivity contribution in [3.63, 3.8) is 0 Å². The first-order valence-corrected chi connectivity index (χ1v) is 7.20. The molecular weight excluding hydrogens is 274 g/mol. The van der Waals surface area contributed by atoms with E-state index in [0.717, 1.165) is 0 Å². The summed E-state index contributed by atoms with van der Waals surface area (Å²) in [6.07, 6.45) is 2.32. The Morgan fingerprint density at radius 3 is 2.70 bits per heavy atom. The number of rotatable bonds is 3. The molecule has 2 heterocycles. The monoisotopic (exact) mass is 287 g/mol.